The Balaban J connectivity index is -0.00000261. The normalized spacial score (nSPS) is 10.7. The molecule has 2 rings (SSSR count). The van der Waals surface area contributed by atoms with Crippen LogP contribution >= 0.6 is 0 Å². The van der Waals surface area contributed by atoms with Gasteiger partial charge in [-0.05, 0) is 12.8 Å². The molecule has 0 bridgehead atoms. The number of hydrogen-bond acceptors (Lipinski definition) is 10. The minimum Gasteiger partial charge on any atom is -0.545 e. The van der Waals surface area contributed by atoms with E-state index in [9.17, 15) is 29.1 Å². The number of aliphatic hydroxyl groups excluding tert-OH is 1. The van der Waals surface area contributed by atoms with Crippen LogP contribution in [0.2, 0.25) is 0 Å². The number of aliphatic carboxylic acids is 2. The molecule has 0 saturated heterocycles. The molecule has 2 aromatic heterocycles. The molecule has 265 valence electrons. The van der Waals surface area contributed by atoms with Crippen LogP contribution in [0.5, 0.6) is 0 Å². The van der Waals surface area contributed by atoms with E-state index in [4.69, 9.17) is 19.8 Å². The molecule has 1 atom stereocenters. The Labute approximate surface area is 288 Å². The average molecular weight is 748 g/mol. The van der Waals surface area contributed by atoms with E-state index in [0.717, 1.165) is 19.4 Å². The summed E-state index contributed by atoms with van der Waals surface area (Å²) in [6.45, 7) is 14.4. The number of carboxylic acid groups (broad SMARTS) is 2. The molecule has 2 aromatic rings. The average Bonchev–Trinajstić information content (AvgIpc) is 3.64. The summed E-state index contributed by atoms with van der Waals surface area (Å²) < 4.78 is 3.29. The molecule has 2 amide bonds. The molecular formula is C30H45N6O10Tc-3. The number of carbonyl (C=O) groups is 5. The van der Waals surface area contributed by atoms with Crippen molar-refractivity contribution in [2.24, 2.45) is 5.41 Å². The fourth-order valence-corrected chi connectivity index (χ4v) is 3.82. The van der Waals surface area contributed by atoms with Crippen molar-refractivity contribution in [3.63, 3.8) is 0 Å². The van der Waals surface area contributed by atoms with E-state index in [0.29, 0.717) is 24.6 Å². The molecule has 5 N–H and O–H groups in total. The number of rotatable bonds is 17. The van der Waals surface area contributed by atoms with Crippen molar-refractivity contribution in [1.82, 2.24) is 29.7 Å². The molecule has 0 spiro atoms. The van der Waals surface area contributed by atoms with Gasteiger partial charge in [0.2, 0.25) is 11.8 Å². The fraction of sp³-hybridized carbons (Fsp3) is 0.533. The van der Waals surface area contributed by atoms with Gasteiger partial charge in [0.1, 0.15) is 24.9 Å². The van der Waals surface area contributed by atoms with Crippen LogP contribution in [0.15, 0.2) is 24.8 Å². The van der Waals surface area contributed by atoms with E-state index in [1.807, 2.05) is 27.7 Å². The SMILES string of the molecule is CCCNC(=O)Cn1ccnc1C[C-](CC(=O)C(C)(C)C)Cc1nccn1CC(=O)N[C@@H](CCC(=O)O)C(=O)O.CO.[CH-]=O.[CH-]=O.[Tc]. The zero-order valence-corrected chi connectivity index (χ0v) is 29.1. The van der Waals surface area contributed by atoms with Crippen molar-refractivity contribution in [3.8, 4) is 0 Å². The first-order valence-corrected chi connectivity index (χ1v) is 14.1. The molecule has 16 nitrogen and oxygen atoms in total. The predicted octanol–water partition coefficient (Wildman–Crippen LogP) is 0.463. The van der Waals surface area contributed by atoms with Crippen LogP contribution in [0.4, 0.5) is 0 Å². The molecule has 0 aromatic carbocycles. The van der Waals surface area contributed by atoms with Crippen LogP contribution < -0.4 is 10.6 Å². The number of amides is 2. The van der Waals surface area contributed by atoms with Crippen molar-refractivity contribution in [3.05, 3.63) is 42.4 Å². The molecular weight excluding hydrogens is 702 g/mol. The second kappa shape index (κ2) is 26.0. The Hall–Kier alpha value is -4.08. The number of carboxylic acids is 2. The van der Waals surface area contributed by atoms with E-state index >= 15 is 0 Å². The number of carbonyl (C=O) groups excluding carboxylic acids is 5. The Bertz CT molecular complexity index is 1230. The largest absolute Gasteiger partial charge is 0.545 e. The van der Waals surface area contributed by atoms with Gasteiger partial charge in [-0.3, -0.25) is 33.9 Å². The number of aliphatic hydroxyl groups is 1. The fourth-order valence-electron chi connectivity index (χ4n) is 3.82. The molecule has 0 aliphatic rings. The molecule has 0 aliphatic carbocycles. The Morgan fingerprint density at radius 3 is 1.77 bits per heavy atom. The summed E-state index contributed by atoms with van der Waals surface area (Å²) in [7, 11) is 1.00. The third-order valence-corrected chi connectivity index (χ3v) is 6.15. The van der Waals surface area contributed by atoms with Gasteiger partial charge < -0.3 is 49.5 Å². The number of Topliss-reactive ketones (excluding diaryl/α,β-unsaturated/α-hetero) is 1. The van der Waals surface area contributed by atoms with Gasteiger partial charge >= 0.3 is 11.9 Å². The number of nitrogens with one attached hydrogen (secondary N) is 2. The molecule has 1 radical (unpaired) electrons. The third kappa shape index (κ3) is 19.2. The quantitative estimate of drug-likeness (QED) is 0.110. The van der Waals surface area contributed by atoms with Gasteiger partial charge in [-0.15, -0.1) is 19.3 Å². The van der Waals surface area contributed by atoms with Crippen LogP contribution in [0.1, 0.15) is 65.0 Å². The van der Waals surface area contributed by atoms with Gasteiger partial charge in [-0.2, -0.15) is 0 Å². The van der Waals surface area contributed by atoms with Crippen molar-refractivity contribution in [2.75, 3.05) is 13.7 Å². The summed E-state index contributed by atoms with van der Waals surface area (Å²) in [5.41, 5.74) is -0.585. The maximum Gasteiger partial charge on any atom is 0.326 e. The first-order chi connectivity index (χ1) is 21.8. The minimum atomic E-state index is -1.34. The summed E-state index contributed by atoms with van der Waals surface area (Å²) >= 11 is 0. The number of hydrogen-bond donors (Lipinski definition) is 5. The van der Waals surface area contributed by atoms with E-state index in [2.05, 4.69) is 34.2 Å². The summed E-state index contributed by atoms with van der Waals surface area (Å²) in [5.74, 6) is -1.33. The zero-order valence-electron chi connectivity index (χ0n) is 27.3. The van der Waals surface area contributed by atoms with Crippen molar-refractivity contribution >= 4 is 43.1 Å². The van der Waals surface area contributed by atoms with Crippen LogP contribution in [0.25, 0.3) is 0 Å². The molecule has 2 heterocycles. The summed E-state index contributed by atoms with van der Waals surface area (Å²) in [5, 5.41) is 30.4. The predicted molar refractivity (Wildman–Crippen MR) is 166 cm³/mol. The maximum atomic E-state index is 13.0. The Morgan fingerprint density at radius 2 is 1.36 bits per heavy atom. The molecule has 0 unspecified atom stereocenters. The van der Waals surface area contributed by atoms with E-state index in [1.165, 1.54) is 6.20 Å². The number of nitrogens with zero attached hydrogens (tertiary/aromatic N) is 4. The first-order valence-electron chi connectivity index (χ1n) is 14.1. The molecule has 0 aliphatic heterocycles. The van der Waals surface area contributed by atoms with Gasteiger partial charge in [0.05, 0.1) is 11.6 Å². The second-order valence-electron chi connectivity index (χ2n) is 10.6. The third-order valence-electron chi connectivity index (χ3n) is 6.15. The second-order valence-corrected chi connectivity index (χ2v) is 10.6. The number of imidazole rings is 2. The van der Waals surface area contributed by atoms with Gasteiger partial charge in [0, 0.05) is 70.4 Å². The smallest absolute Gasteiger partial charge is 0.326 e. The monoisotopic (exact) mass is 746 g/mol. The van der Waals surface area contributed by atoms with Crippen LogP contribution in [0, 0.1) is 11.3 Å². The number of ketones is 1. The van der Waals surface area contributed by atoms with E-state index in [-0.39, 0.29) is 64.1 Å². The molecule has 17 heteroatoms. The standard InChI is InChI=1S/C27H39N6O7.CH4O.2CHO.Tc/c1-5-8-30-23(35)16-32-11-9-28-21(32)14-18(13-20(34)27(2,3)4)15-22-29-10-12-33(22)17-24(36)31-19(26(39)40)6-7-25(37)38;3*1-2;/h9-12,19H,5-8,13-17H2,1-4H3,(H,30,35)(H,31,36)(H,37,38)(H,39,40);2H,1H3;2*1H;/q-1;;2*-1;/t19-;;;;/m0..../s1. The summed E-state index contributed by atoms with van der Waals surface area (Å²) in [6.07, 6.45) is 7.26. The van der Waals surface area contributed by atoms with Crippen molar-refractivity contribution in [1.29, 1.82) is 0 Å². The van der Waals surface area contributed by atoms with E-state index in [1.54, 1.807) is 27.7 Å². The van der Waals surface area contributed by atoms with Gasteiger partial charge in [0.25, 0.3) is 0 Å². The van der Waals surface area contributed by atoms with Gasteiger partial charge in [0.15, 0.2) is 0 Å². The Morgan fingerprint density at radius 1 is 0.894 bits per heavy atom. The van der Waals surface area contributed by atoms with Crippen molar-refractivity contribution < 1.29 is 69.0 Å². The van der Waals surface area contributed by atoms with Gasteiger partial charge in [-0.1, -0.05) is 27.7 Å². The number of aromatic nitrogens is 4. The van der Waals surface area contributed by atoms with E-state index < -0.39 is 35.7 Å². The Kier molecular flexibility index (Phi) is 26.2. The molecule has 0 fully saturated rings. The zero-order chi connectivity index (χ0) is 35.9. The van der Waals surface area contributed by atoms with Crippen LogP contribution in [0.3, 0.4) is 0 Å². The van der Waals surface area contributed by atoms with Crippen LogP contribution in [-0.2, 0) is 79.6 Å². The van der Waals surface area contributed by atoms with Gasteiger partial charge in [-0.25, -0.2) is 14.8 Å². The minimum absolute atomic E-state index is 0. The maximum absolute atomic E-state index is 13.0. The topological polar surface area (TPSA) is 240 Å². The summed E-state index contributed by atoms with van der Waals surface area (Å²) in [6, 6.07) is -1.34. The summed E-state index contributed by atoms with van der Waals surface area (Å²) in [4.78, 5) is 84.4. The molecule has 47 heavy (non-hydrogen) atoms. The molecule has 0 saturated carbocycles. The van der Waals surface area contributed by atoms with Crippen LogP contribution in [-0.4, -0.2) is 97.2 Å². The first kappa shape index (κ1) is 47.3. The van der Waals surface area contributed by atoms with Crippen molar-refractivity contribution in [2.45, 2.75) is 85.4 Å².